The lowest BCUT2D eigenvalue weighted by molar-refractivity contribution is 0.0725. The molecule has 10 heteroatoms. The van der Waals surface area contributed by atoms with Crippen molar-refractivity contribution < 1.29 is 19.1 Å². The third-order valence-corrected chi connectivity index (χ3v) is 6.76. The molecule has 0 aromatic heterocycles. The third-order valence-electron chi connectivity index (χ3n) is 5.06. The summed E-state index contributed by atoms with van der Waals surface area (Å²) in [6.07, 6.45) is 0. The minimum atomic E-state index is -0.842. The normalized spacial score (nSPS) is 10.7. The molecule has 182 valence electrons. The fourth-order valence-electron chi connectivity index (χ4n) is 3.23. The number of nitrogens with two attached hydrogens (primary N) is 2. The molecule has 0 heterocycles. The van der Waals surface area contributed by atoms with Gasteiger partial charge in [-0.25, -0.2) is 9.59 Å². The van der Waals surface area contributed by atoms with Gasteiger partial charge in [0.05, 0.1) is 25.7 Å². The van der Waals surface area contributed by atoms with Gasteiger partial charge in [-0.2, -0.15) is 0 Å². The number of carbonyl (C=O) groups is 2. The summed E-state index contributed by atoms with van der Waals surface area (Å²) in [6, 6.07) is 18.9. The van der Waals surface area contributed by atoms with Gasteiger partial charge in [0.25, 0.3) is 0 Å². The molecule has 0 unspecified atom stereocenters. The highest BCUT2D eigenvalue weighted by atomic mass is 35.5. The molecule has 0 radical (unpaired) electrons. The van der Waals surface area contributed by atoms with Crippen molar-refractivity contribution in [1.29, 1.82) is 0 Å². The van der Waals surface area contributed by atoms with E-state index in [2.05, 4.69) is 0 Å². The second-order valence-corrected chi connectivity index (χ2v) is 9.01. The van der Waals surface area contributed by atoms with E-state index >= 15 is 0 Å². The molecule has 0 aliphatic carbocycles. The van der Waals surface area contributed by atoms with Crippen molar-refractivity contribution in [3.05, 3.63) is 104 Å². The van der Waals surface area contributed by atoms with E-state index in [1.165, 1.54) is 24.3 Å². The number of halogens is 4. The van der Waals surface area contributed by atoms with Gasteiger partial charge in [0.1, 0.15) is 17.1 Å². The summed E-state index contributed by atoms with van der Waals surface area (Å²) in [5.74, 6) is -0.824. The average Bonchev–Trinajstić information content (AvgIpc) is 2.86. The molecule has 4 aromatic rings. The van der Waals surface area contributed by atoms with Crippen LogP contribution in [-0.2, 0) is 0 Å². The van der Waals surface area contributed by atoms with Crippen LogP contribution in [0, 0.1) is 0 Å². The maximum Gasteiger partial charge on any atom is 0.346 e. The molecular weight excluding hydrogens is 546 g/mol. The zero-order chi connectivity index (χ0) is 26.0. The van der Waals surface area contributed by atoms with Crippen molar-refractivity contribution in [2.45, 2.75) is 0 Å². The van der Waals surface area contributed by atoms with Crippen LogP contribution in [0.25, 0.3) is 11.1 Å². The average molecular weight is 562 g/mol. The van der Waals surface area contributed by atoms with Crippen LogP contribution < -0.4 is 20.9 Å². The van der Waals surface area contributed by atoms with Crippen molar-refractivity contribution in [2.24, 2.45) is 0 Å². The van der Waals surface area contributed by atoms with Crippen LogP contribution in [-0.4, -0.2) is 11.9 Å². The molecule has 0 saturated carbocycles. The maximum atomic E-state index is 12.8. The van der Waals surface area contributed by atoms with E-state index in [-0.39, 0.29) is 42.5 Å². The Morgan fingerprint density at radius 1 is 0.556 bits per heavy atom. The molecule has 6 nitrogen and oxygen atoms in total. The van der Waals surface area contributed by atoms with Crippen LogP contribution >= 0.6 is 46.4 Å². The molecule has 4 aromatic carbocycles. The van der Waals surface area contributed by atoms with Crippen molar-refractivity contribution in [3.63, 3.8) is 0 Å². The van der Waals surface area contributed by atoms with Crippen molar-refractivity contribution in [3.8, 4) is 22.6 Å². The van der Waals surface area contributed by atoms with E-state index < -0.39 is 11.9 Å². The Morgan fingerprint density at radius 2 is 0.972 bits per heavy atom. The summed E-state index contributed by atoms with van der Waals surface area (Å²) < 4.78 is 10.7. The van der Waals surface area contributed by atoms with Gasteiger partial charge in [-0.1, -0.05) is 58.5 Å². The zero-order valence-electron chi connectivity index (χ0n) is 18.2. The van der Waals surface area contributed by atoms with E-state index in [0.29, 0.717) is 22.7 Å². The molecule has 0 aliphatic heterocycles. The molecule has 0 spiro atoms. The number of esters is 2. The molecule has 0 atom stereocenters. The van der Waals surface area contributed by atoms with Crippen LogP contribution in [0.1, 0.15) is 20.7 Å². The minimum absolute atomic E-state index is 0.00692. The van der Waals surface area contributed by atoms with Gasteiger partial charge in [0, 0.05) is 16.9 Å². The molecule has 4 rings (SSSR count). The fraction of sp³-hybridized carbons (Fsp3) is 0. The smallest absolute Gasteiger partial charge is 0.346 e. The number of hydrogen-bond donors (Lipinski definition) is 2. The number of benzene rings is 4. The Kier molecular flexibility index (Phi) is 7.62. The summed E-state index contributed by atoms with van der Waals surface area (Å²) in [7, 11) is 0. The number of nitrogen functional groups attached to an aromatic ring is 2. The monoisotopic (exact) mass is 560 g/mol. The summed E-state index contributed by atoms with van der Waals surface area (Å²) in [6.45, 7) is 0. The molecule has 0 fully saturated rings. The van der Waals surface area contributed by atoms with E-state index in [1.54, 1.807) is 48.5 Å². The Hall–Kier alpha value is -3.42. The fourth-order valence-corrected chi connectivity index (χ4v) is 4.46. The number of carbonyl (C=O) groups excluding carboxylic acids is 2. The molecule has 0 aliphatic rings. The Morgan fingerprint density at radius 3 is 1.42 bits per heavy atom. The molecule has 0 amide bonds. The Labute approximate surface area is 226 Å². The lowest BCUT2D eigenvalue weighted by atomic mass is 10.0. The molecule has 4 N–H and O–H groups in total. The van der Waals surface area contributed by atoms with Crippen LogP contribution in [0.2, 0.25) is 20.1 Å². The lowest BCUT2D eigenvalue weighted by Gasteiger charge is -2.15. The summed E-state index contributed by atoms with van der Waals surface area (Å²) in [5, 5.41) is -0.276. The quantitative estimate of drug-likeness (QED) is 0.113. The van der Waals surface area contributed by atoms with E-state index in [0.717, 1.165) is 0 Å². The highest BCUT2D eigenvalue weighted by Crippen LogP contribution is 2.46. The van der Waals surface area contributed by atoms with Crippen LogP contribution in [0.3, 0.4) is 0 Å². The van der Waals surface area contributed by atoms with Crippen LogP contribution in [0.4, 0.5) is 11.4 Å². The van der Waals surface area contributed by atoms with Gasteiger partial charge in [-0.15, -0.1) is 0 Å². The Bertz CT molecular complexity index is 1430. The van der Waals surface area contributed by atoms with Crippen molar-refractivity contribution in [2.75, 3.05) is 11.5 Å². The van der Waals surface area contributed by atoms with E-state index in [4.69, 9.17) is 67.3 Å². The first kappa shape index (κ1) is 25.7. The SMILES string of the molecule is Nc1ccc(OC(=O)c2ccc(-c3c(Cl)c(Cl)c(C(=O)Oc4ccc(N)cc4)c(Cl)c3Cl)cc2)cc1. The number of ether oxygens (including phenoxy) is 2. The summed E-state index contributed by atoms with van der Waals surface area (Å²) in [4.78, 5) is 25.3. The second-order valence-electron chi connectivity index (χ2n) is 7.50. The highest BCUT2D eigenvalue weighted by Gasteiger charge is 2.27. The first-order chi connectivity index (χ1) is 17.2. The van der Waals surface area contributed by atoms with E-state index in [1.807, 2.05) is 0 Å². The van der Waals surface area contributed by atoms with Gasteiger partial charge in [0.2, 0.25) is 0 Å². The first-order valence-electron chi connectivity index (χ1n) is 10.3. The lowest BCUT2D eigenvalue weighted by Crippen LogP contribution is -2.11. The van der Waals surface area contributed by atoms with Gasteiger partial charge in [-0.05, 0) is 66.2 Å². The highest BCUT2D eigenvalue weighted by molar-refractivity contribution is 6.52. The number of hydrogen-bond acceptors (Lipinski definition) is 6. The molecule has 0 saturated heterocycles. The van der Waals surface area contributed by atoms with Gasteiger partial charge < -0.3 is 20.9 Å². The predicted octanol–water partition coefficient (Wildman–Crippen LogP) is 7.57. The van der Waals surface area contributed by atoms with Crippen molar-refractivity contribution >= 4 is 69.7 Å². The standard InChI is InChI=1S/C26H16Cl4N2O4/c27-21-19(13-1-3-14(4-2-13)25(33)35-17-9-5-15(31)6-10-17)22(28)24(30)20(23(21)29)26(34)36-18-11-7-16(32)8-12-18/h1-12H,31-32H2. The largest absolute Gasteiger partial charge is 0.423 e. The molecular formula is C26H16Cl4N2O4. The number of anilines is 2. The van der Waals surface area contributed by atoms with Gasteiger partial charge in [0.15, 0.2) is 0 Å². The summed E-state index contributed by atoms with van der Waals surface area (Å²) in [5.41, 5.74) is 13.2. The van der Waals surface area contributed by atoms with Crippen LogP contribution in [0.5, 0.6) is 11.5 Å². The second kappa shape index (κ2) is 10.7. The van der Waals surface area contributed by atoms with E-state index in [9.17, 15) is 9.59 Å². The van der Waals surface area contributed by atoms with Crippen LogP contribution in [0.15, 0.2) is 72.8 Å². The molecule has 36 heavy (non-hydrogen) atoms. The van der Waals surface area contributed by atoms with Gasteiger partial charge in [-0.3, -0.25) is 0 Å². The summed E-state index contributed by atoms with van der Waals surface area (Å²) >= 11 is 25.8. The Balaban J connectivity index is 1.61. The van der Waals surface area contributed by atoms with Crippen molar-refractivity contribution in [1.82, 2.24) is 0 Å². The zero-order valence-corrected chi connectivity index (χ0v) is 21.3. The predicted molar refractivity (Wildman–Crippen MR) is 144 cm³/mol. The number of rotatable bonds is 5. The topological polar surface area (TPSA) is 105 Å². The third kappa shape index (κ3) is 5.37. The first-order valence-corrected chi connectivity index (χ1v) is 11.8. The molecule has 0 bridgehead atoms. The van der Waals surface area contributed by atoms with Gasteiger partial charge >= 0.3 is 11.9 Å². The maximum absolute atomic E-state index is 12.8. The minimum Gasteiger partial charge on any atom is -0.423 e.